The van der Waals surface area contributed by atoms with E-state index in [1.165, 1.54) is 24.2 Å². The molecule has 2 aromatic heterocycles. The smallest absolute Gasteiger partial charge is 0.271 e. The van der Waals surface area contributed by atoms with Crippen molar-refractivity contribution in [3.8, 4) is 5.75 Å². The second-order valence-corrected chi connectivity index (χ2v) is 6.67. The highest BCUT2D eigenvalue weighted by Gasteiger charge is 2.26. The van der Waals surface area contributed by atoms with Gasteiger partial charge in [-0.2, -0.15) is 0 Å². The number of pyridine rings is 1. The van der Waals surface area contributed by atoms with Crippen LogP contribution in [0.2, 0.25) is 0 Å². The number of hydrogen-bond acceptors (Lipinski definition) is 5. The van der Waals surface area contributed by atoms with Crippen LogP contribution in [0.15, 0.2) is 18.3 Å². The lowest BCUT2D eigenvalue weighted by atomic mass is 10.3. The molecule has 0 atom stereocenters. The van der Waals surface area contributed by atoms with Gasteiger partial charge in [-0.25, -0.2) is 9.97 Å². The molecule has 2 aromatic rings. The van der Waals surface area contributed by atoms with E-state index in [2.05, 4.69) is 9.97 Å². The predicted octanol–water partition coefficient (Wildman–Crippen LogP) is 3.08. The number of rotatable bonds is 5. The van der Waals surface area contributed by atoms with E-state index in [0.717, 1.165) is 23.0 Å². The number of hydrogen-bond donors (Lipinski definition) is 0. The van der Waals surface area contributed by atoms with Crippen molar-refractivity contribution in [2.75, 3.05) is 19.1 Å². The van der Waals surface area contributed by atoms with Gasteiger partial charge in [0.05, 0.1) is 24.0 Å². The Morgan fingerprint density at radius 1 is 1.45 bits per heavy atom. The van der Waals surface area contributed by atoms with Gasteiger partial charge in [0, 0.05) is 13.5 Å². The molecule has 1 amide bonds. The molecular weight excluding hydrogens is 298 g/mol. The van der Waals surface area contributed by atoms with Crippen molar-refractivity contribution in [3.63, 3.8) is 0 Å². The highest BCUT2D eigenvalue weighted by Crippen LogP contribution is 2.34. The Morgan fingerprint density at radius 3 is 2.82 bits per heavy atom. The molecule has 0 radical (unpaired) electrons. The van der Waals surface area contributed by atoms with Crippen LogP contribution in [0.5, 0.6) is 5.75 Å². The van der Waals surface area contributed by atoms with Gasteiger partial charge >= 0.3 is 0 Å². The van der Waals surface area contributed by atoms with Crippen LogP contribution in [0.3, 0.4) is 0 Å². The first-order valence-corrected chi connectivity index (χ1v) is 8.14. The van der Waals surface area contributed by atoms with Gasteiger partial charge in [-0.15, -0.1) is 11.3 Å². The van der Waals surface area contributed by atoms with Crippen molar-refractivity contribution in [2.24, 2.45) is 5.92 Å². The molecule has 1 aliphatic rings. The minimum atomic E-state index is -0.0605. The summed E-state index contributed by atoms with van der Waals surface area (Å²) in [7, 11) is 3.32. The number of methoxy groups -OCH3 is 1. The maximum atomic E-state index is 12.7. The van der Waals surface area contributed by atoms with E-state index in [4.69, 9.17) is 4.74 Å². The number of thiazole rings is 1. The van der Waals surface area contributed by atoms with Gasteiger partial charge in [0.25, 0.3) is 5.91 Å². The molecule has 3 rings (SSSR count). The fraction of sp³-hybridized carbons (Fsp3) is 0.438. The fourth-order valence-corrected chi connectivity index (χ4v) is 3.41. The number of carbonyl (C=O) groups excluding carboxylic acids is 1. The quantitative estimate of drug-likeness (QED) is 0.850. The lowest BCUT2D eigenvalue weighted by molar-refractivity contribution is 0.0995. The molecule has 0 N–H and O–H groups in total. The van der Waals surface area contributed by atoms with Crippen LogP contribution < -0.4 is 9.64 Å². The Morgan fingerprint density at radius 2 is 2.23 bits per heavy atom. The second kappa shape index (κ2) is 6.04. The van der Waals surface area contributed by atoms with Gasteiger partial charge in [0.1, 0.15) is 16.4 Å². The average Bonchev–Trinajstić information content (AvgIpc) is 3.27. The summed E-state index contributed by atoms with van der Waals surface area (Å²) in [5.41, 5.74) is 0.811. The van der Waals surface area contributed by atoms with Gasteiger partial charge in [-0.3, -0.25) is 9.69 Å². The van der Waals surface area contributed by atoms with E-state index in [1.807, 2.05) is 6.92 Å². The largest absolute Gasteiger partial charge is 0.495 e. The Bertz CT molecular complexity index is 677. The number of aromatic nitrogens is 2. The van der Waals surface area contributed by atoms with Gasteiger partial charge in [0.15, 0.2) is 0 Å². The summed E-state index contributed by atoms with van der Waals surface area (Å²) in [5.74, 6) is 1.98. The SMILES string of the molecule is COc1ccc(N(C)C(=O)c2sc(CC3CC3)nc2C)nc1. The zero-order chi connectivity index (χ0) is 15.7. The zero-order valence-electron chi connectivity index (χ0n) is 13.0. The maximum absolute atomic E-state index is 12.7. The molecule has 1 fully saturated rings. The molecular formula is C16H19N3O2S. The van der Waals surface area contributed by atoms with Gasteiger partial charge in [-0.1, -0.05) is 0 Å². The maximum Gasteiger partial charge on any atom is 0.271 e. The molecule has 0 aromatic carbocycles. The van der Waals surface area contributed by atoms with Crippen molar-refractivity contribution in [2.45, 2.75) is 26.2 Å². The third-order valence-electron chi connectivity index (χ3n) is 3.80. The van der Waals surface area contributed by atoms with E-state index < -0.39 is 0 Å². The van der Waals surface area contributed by atoms with Crippen molar-refractivity contribution in [1.82, 2.24) is 9.97 Å². The number of nitrogens with zero attached hydrogens (tertiary/aromatic N) is 3. The summed E-state index contributed by atoms with van der Waals surface area (Å²) in [4.78, 5) is 23.7. The first kappa shape index (κ1) is 15.0. The molecule has 0 bridgehead atoms. The van der Waals surface area contributed by atoms with Gasteiger partial charge in [0.2, 0.25) is 0 Å². The molecule has 2 heterocycles. The summed E-state index contributed by atoms with van der Waals surface area (Å²) < 4.78 is 5.09. The van der Waals surface area contributed by atoms with E-state index in [-0.39, 0.29) is 5.91 Å². The van der Waals surface area contributed by atoms with Crippen molar-refractivity contribution < 1.29 is 9.53 Å². The van der Waals surface area contributed by atoms with Crippen LogP contribution in [-0.2, 0) is 6.42 Å². The lowest BCUT2D eigenvalue weighted by Crippen LogP contribution is -2.26. The highest BCUT2D eigenvalue weighted by atomic mass is 32.1. The van der Waals surface area contributed by atoms with Crippen LogP contribution in [0, 0.1) is 12.8 Å². The highest BCUT2D eigenvalue weighted by molar-refractivity contribution is 7.13. The monoisotopic (exact) mass is 317 g/mol. The summed E-state index contributed by atoms with van der Waals surface area (Å²) in [5, 5.41) is 1.07. The minimum absolute atomic E-state index is 0.0605. The third kappa shape index (κ3) is 3.11. The van der Waals surface area contributed by atoms with Crippen LogP contribution in [-0.4, -0.2) is 30.0 Å². The van der Waals surface area contributed by atoms with E-state index in [0.29, 0.717) is 16.4 Å². The number of amides is 1. The molecule has 6 heteroatoms. The number of ether oxygens (including phenoxy) is 1. The molecule has 1 saturated carbocycles. The zero-order valence-corrected chi connectivity index (χ0v) is 13.8. The molecule has 0 aliphatic heterocycles. The number of anilines is 1. The second-order valence-electron chi connectivity index (χ2n) is 5.59. The molecule has 0 spiro atoms. The Balaban J connectivity index is 1.77. The fourth-order valence-electron chi connectivity index (χ4n) is 2.25. The molecule has 0 saturated heterocycles. The van der Waals surface area contributed by atoms with Gasteiger partial charge < -0.3 is 4.74 Å². The molecule has 116 valence electrons. The van der Waals surface area contributed by atoms with Crippen LogP contribution in [0.4, 0.5) is 5.82 Å². The van der Waals surface area contributed by atoms with Crippen molar-refractivity contribution in [3.05, 3.63) is 33.9 Å². The topological polar surface area (TPSA) is 55.3 Å². The van der Waals surface area contributed by atoms with Gasteiger partial charge in [-0.05, 0) is 37.8 Å². The van der Waals surface area contributed by atoms with Crippen LogP contribution in [0.25, 0.3) is 0 Å². The normalized spacial score (nSPS) is 14.0. The first-order valence-electron chi connectivity index (χ1n) is 7.33. The average molecular weight is 317 g/mol. The Kier molecular flexibility index (Phi) is 4.11. The van der Waals surface area contributed by atoms with E-state index in [1.54, 1.807) is 37.4 Å². The summed E-state index contributed by atoms with van der Waals surface area (Å²) in [6, 6.07) is 3.57. The Labute approximate surface area is 134 Å². The molecule has 1 aliphatic carbocycles. The number of aryl methyl sites for hydroxylation is 1. The van der Waals surface area contributed by atoms with Crippen LogP contribution >= 0.6 is 11.3 Å². The third-order valence-corrected chi connectivity index (χ3v) is 4.97. The minimum Gasteiger partial charge on any atom is -0.495 e. The number of carbonyl (C=O) groups is 1. The lowest BCUT2D eigenvalue weighted by Gasteiger charge is -2.15. The van der Waals surface area contributed by atoms with E-state index >= 15 is 0 Å². The van der Waals surface area contributed by atoms with E-state index in [9.17, 15) is 4.79 Å². The predicted molar refractivity (Wildman–Crippen MR) is 86.8 cm³/mol. The van der Waals surface area contributed by atoms with Crippen LogP contribution in [0.1, 0.15) is 33.2 Å². The summed E-state index contributed by atoms with van der Waals surface area (Å²) in [6.45, 7) is 1.90. The molecule has 22 heavy (non-hydrogen) atoms. The van der Waals surface area contributed by atoms with Crippen molar-refractivity contribution >= 4 is 23.1 Å². The van der Waals surface area contributed by atoms with Crippen molar-refractivity contribution in [1.29, 1.82) is 0 Å². The summed E-state index contributed by atoms with van der Waals surface area (Å²) >= 11 is 1.51. The first-order chi connectivity index (χ1) is 10.6. The standard InChI is InChI=1S/C16H19N3O2S/c1-10-15(22-14(18-10)8-11-4-5-11)16(20)19(2)13-7-6-12(21-3)9-17-13/h6-7,9,11H,4-5,8H2,1-3H3. The molecule has 0 unspecified atom stereocenters. The Hall–Kier alpha value is -1.95. The summed E-state index contributed by atoms with van der Waals surface area (Å²) in [6.07, 6.45) is 5.19. The molecule has 5 nitrogen and oxygen atoms in total.